The number of hydrogen-bond donors (Lipinski definition) is 2. The van der Waals surface area contributed by atoms with Crippen molar-refractivity contribution in [2.75, 3.05) is 110 Å². The highest BCUT2D eigenvalue weighted by Crippen LogP contribution is 2.36. The van der Waals surface area contributed by atoms with Gasteiger partial charge in [0.15, 0.2) is 0 Å². The van der Waals surface area contributed by atoms with Crippen LogP contribution in [0.1, 0.15) is 49.8 Å². The zero-order valence-corrected chi connectivity index (χ0v) is 35.2. The Bertz CT molecular complexity index is 2060. The van der Waals surface area contributed by atoms with E-state index < -0.39 is 0 Å². The molecule has 0 amide bonds. The van der Waals surface area contributed by atoms with Crippen LogP contribution in [0.25, 0.3) is 32.7 Å². The standard InChI is InChI=1S/C23H29ClN4O.C22H31ClN4/c1-27-11-13-28(14-12-27)10-4-3-9-25-23-19-7-5-17(24)15-22(19)26-21-8-6-18(29-2)16-20(21)23;1-26-12-14-27(15-13-26)11-5-4-10-24-22-18-6-2-3-7-20(18)25-21-16-17(23)8-9-19(21)22/h5-8,15-16H,3-4,9-14H2,1-2H3,(H,25,26);8-9,16H,2-7,10-15H2,1H3,(H,24,25). The molecule has 300 valence electrons. The number of piperazine rings is 2. The molecule has 3 aromatic carbocycles. The van der Waals surface area contributed by atoms with Crippen molar-refractivity contribution in [3.8, 4) is 5.75 Å². The lowest BCUT2D eigenvalue weighted by Gasteiger charge is -2.32. The minimum Gasteiger partial charge on any atom is -0.497 e. The summed E-state index contributed by atoms with van der Waals surface area (Å²) in [5.41, 5.74) is 8.02. The number of hydrogen-bond acceptors (Lipinski definition) is 9. The van der Waals surface area contributed by atoms with Crippen LogP contribution in [0.15, 0.2) is 54.6 Å². The van der Waals surface area contributed by atoms with Gasteiger partial charge in [0.2, 0.25) is 0 Å². The van der Waals surface area contributed by atoms with Gasteiger partial charge < -0.3 is 35.0 Å². The molecule has 0 bridgehead atoms. The van der Waals surface area contributed by atoms with Crippen molar-refractivity contribution in [1.82, 2.24) is 29.6 Å². The third-order valence-corrected chi connectivity index (χ3v) is 12.2. The molecule has 9 nitrogen and oxygen atoms in total. The molecule has 5 aromatic rings. The number of nitrogens with one attached hydrogen (secondary N) is 2. The number of benzene rings is 3. The molecular weight excluding hydrogens is 739 g/mol. The van der Waals surface area contributed by atoms with Crippen LogP contribution in [0, 0.1) is 0 Å². The molecule has 0 atom stereocenters. The SMILES string of the molecule is CN1CCN(CCCCNc2c3c(nc4cc(Cl)ccc24)CCCC3)CC1.COc1ccc2nc3cc(Cl)ccc3c(NCCCCN3CCN(C)CC3)c2c1. The number of nitrogens with zero attached hydrogens (tertiary/aromatic N) is 6. The van der Waals surface area contributed by atoms with E-state index in [9.17, 15) is 0 Å². The molecule has 0 saturated carbocycles. The van der Waals surface area contributed by atoms with Gasteiger partial charge in [-0.15, -0.1) is 0 Å². The Morgan fingerprint density at radius 3 is 1.75 bits per heavy atom. The second kappa shape index (κ2) is 19.8. The Labute approximate surface area is 343 Å². The quantitative estimate of drug-likeness (QED) is 0.0900. The number of likely N-dealkylation sites (N-methyl/N-ethyl adjacent to an activating group) is 2. The molecule has 0 unspecified atom stereocenters. The maximum absolute atomic E-state index is 6.21. The van der Waals surface area contributed by atoms with Crippen LogP contribution >= 0.6 is 23.2 Å². The summed E-state index contributed by atoms with van der Waals surface area (Å²) >= 11 is 12.4. The van der Waals surface area contributed by atoms with E-state index in [0.29, 0.717) is 5.02 Å². The number of ether oxygens (including phenoxy) is 1. The largest absolute Gasteiger partial charge is 0.497 e. The molecule has 3 aliphatic rings. The fourth-order valence-electron chi connectivity index (χ4n) is 8.31. The Kier molecular flexibility index (Phi) is 14.4. The molecule has 2 fully saturated rings. The van der Waals surface area contributed by atoms with Crippen molar-refractivity contribution in [3.05, 3.63) is 75.9 Å². The normalized spacial score (nSPS) is 17.2. The van der Waals surface area contributed by atoms with E-state index in [-0.39, 0.29) is 0 Å². The topological polar surface area (TPSA) is 72.0 Å². The Hall–Kier alpha value is -3.44. The van der Waals surface area contributed by atoms with E-state index in [1.54, 1.807) is 7.11 Å². The first-order chi connectivity index (χ1) is 27.3. The fraction of sp³-hybridized carbons (Fsp3) is 0.511. The Balaban J connectivity index is 0.000000172. The van der Waals surface area contributed by atoms with Gasteiger partial charge >= 0.3 is 0 Å². The summed E-state index contributed by atoms with van der Waals surface area (Å²) in [6.45, 7) is 13.9. The minimum absolute atomic E-state index is 0.705. The zero-order valence-electron chi connectivity index (χ0n) is 33.7. The maximum Gasteiger partial charge on any atom is 0.119 e. The van der Waals surface area contributed by atoms with E-state index >= 15 is 0 Å². The van der Waals surface area contributed by atoms with Gasteiger partial charge in [0.1, 0.15) is 5.75 Å². The van der Waals surface area contributed by atoms with Crippen LogP contribution < -0.4 is 15.4 Å². The molecule has 2 aliphatic heterocycles. The average molecular weight is 800 g/mol. The molecule has 4 heterocycles. The monoisotopic (exact) mass is 798 g/mol. The number of pyridine rings is 2. The number of aryl methyl sites for hydroxylation is 1. The van der Waals surface area contributed by atoms with Gasteiger partial charge in [0.25, 0.3) is 0 Å². The van der Waals surface area contributed by atoms with Crippen molar-refractivity contribution in [2.24, 2.45) is 0 Å². The van der Waals surface area contributed by atoms with Gasteiger partial charge in [-0.1, -0.05) is 23.2 Å². The lowest BCUT2D eigenvalue weighted by molar-refractivity contribution is 0.152. The first-order valence-corrected chi connectivity index (χ1v) is 21.6. The molecule has 11 heteroatoms. The van der Waals surface area contributed by atoms with Crippen LogP contribution in [-0.2, 0) is 12.8 Å². The molecule has 1 aliphatic carbocycles. The van der Waals surface area contributed by atoms with E-state index in [1.165, 1.54) is 120 Å². The molecule has 2 aromatic heterocycles. The third-order valence-electron chi connectivity index (χ3n) is 11.8. The predicted molar refractivity (Wildman–Crippen MR) is 238 cm³/mol. The van der Waals surface area contributed by atoms with Crippen LogP contribution in [-0.4, -0.2) is 129 Å². The summed E-state index contributed by atoms with van der Waals surface area (Å²) in [5, 5.41) is 12.3. The van der Waals surface area contributed by atoms with Crippen molar-refractivity contribution in [1.29, 1.82) is 0 Å². The summed E-state index contributed by atoms with van der Waals surface area (Å²) in [5.74, 6) is 0.839. The molecule has 0 spiro atoms. The molecule has 2 saturated heterocycles. The van der Waals surface area contributed by atoms with E-state index in [0.717, 1.165) is 76.1 Å². The van der Waals surface area contributed by atoms with Crippen LogP contribution in [0.3, 0.4) is 0 Å². The Morgan fingerprint density at radius 1 is 0.589 bits per heavy atom. The first kappa shape index (κ1) is 40.7. The highest BCUT2D eigenvalue weighted by molar-refractivity contribution is 6.31. The number of aromatic nitrogens is 2. The van der Waals surface area contributed by atoms with Crippen LogP contribution in [0.2, 0.25) is 10.0 Å². The molecule has 2 N–H and O–H groups in total. The van der Waals surface area contributed by atoms with Crippen LogP contribution in [0.4, 0.5) is 11.4 Å². The van der Waals surface area contributed by atoms with E-state index in [1.807, 2.05) is 36.4 Å². The van der Waals surface area contributed by atoms with Gasteiger partial charge in [0, 0.05) is 103 Å². The lowest BCUT2D eigenvalue weighted by atomic mass is 9.92. The number of methoxy groups -OCH3 is 1. The minimum atomic E-state index is 0.705. The fourth-order valence-corrected chi connectivity index (χ4v) is 8.64. The smallest absolute Gasteiger partial charge is 0.119 e. The number of anilines is 2. The summed E-state index contributed by atoms with van der Waals surface area (Å²) < 4.78 is 5.44. The number of halogens is 2. The van der Waals surface area contributed by atoms with Crippen molar-refractivity contribution in [3.63, 3.8) is 0 Å². The second-order valence-electron chi connectivity index (χ2n) is 15.9. The highest BCUT2D eigenvalue weighted by atomic mass is 35.5. The van der Waals surface area contributed by atoms with Gasteiger partial charge in [-0.25, -0.2) is 4.98 Å². The van der Waals surface area contributed by atoms with Crippen LogP contribution in [0.5, 0.6) is 5.75 Å². The number of fused-ring (bicyclic) bond motifs is 4. The van der Waals surface area contributed by atoms with Gasteiger partial charge in [0.05, 0.1) is 29.3 Å². The van der Waals surface area contributed by atoms with Gasteiger partial charge in [-0.3, -0.25) is 4.98 Å². The maximum atomic E-state index is 6.21. The van der Waals surface area contributed by atoms with Gasteiger partial charge in [-0.05, 0) is 139 Å². The highest BCUT2D eigenvalue weighted by Gasteiger charge is 2.19. The Morgan fingerprint density at radius 2 is 1.14 bits per heavy atom. The summed E-state index contributed by atoms with van der Waals surface area (Å²) in [7, 11) is 6.11. The van der Waals surface area contributed by atoms with Crippen molar-refractivity contribution in [2.45, 2.75) is 51.4 Å². The lowest BCUT2D eigenvalue weighted by Crippen LogP contribution is -2.44. The molecule has 0 radical (unpaired) electrons. The van der Waals surface area contributed by atoms with Gasteiger partial charge in [-0.2, -0.15) is 0 Å². The van der Waals surface area contributed by atoms with E-state index in [2.05, 4.69) is 62.5 Å². The van der Waals surface area contributed by atoms with E-state index in [4.69, 9.17) is 37.9 Å². The zero-order chi connectivity index (χ0) is 38.9. The summed E-state index contributed by atoms with van der Waals surface area (Å²) in [4.78, 5) is 19.7. The molecule has 8 rings (SSSR count). The number of rotatable bonds is 13. The number of unbranched alkanes of at least 4 members (excludes halogenated alkanes) is 2. The summed E-state index contributed by atoms with van der Waals surface area (Å²) in [6, 6.07) is 18.0. The summed E-state index contributed by atoms with van der Waals surface area (Å²) in [6.07, 6.45) is 9.55. The average Bonchev–Trinajstić information content (AvgIpc) is 3.21. The molecule has 56 heavy (non-hydrogen) atoms. The first-order valence-electron chi connectivity index (χ1n) is 20.8. The predicted octanol–water partition coefficient (Wildman–Crippen LogP) is 8.70. The van der Waals surface area contributed by atoms with Crippen molar-refractivity contribution >= 4 is 67.3 Å². The van der Waals surface area contributed by atoms with Crippen molar-refractivity contribution < 1.29 is 4.74 Å². The second-order valence-corrected chi connectivity index (χ2v) is 16.7. The third kappa shape index (κ3) is 10.5. The molecular formula is C45H60Cl2N8O.